The van der Waals surface area contributed by atoms with Gasteiger partial charge in [-0.2, -0.15) is 0 Å². The standard InChI is InChI=1S/C14H17ClN2O4/c15-11-6-1-7-12(17(20)21)13(11)14(19)16-8-2-4-10(16)5-3-9-18/h1,6-7,10,18H,2-5,8-9H2. The lowest BCUT2D eigenvalue weighted by Gasteiger charge is -2.24. The quantitative estimate of drug-likeness (QED) is 0.669. The fourth-order valence-electron chi connectivity index (χ4n) is 2.75. The number of carbonyl (C=O) groups is 1. The summed E-state index contributed by atoms with van der Waals surface area (Å²) in [5.41, 5.74) is -0.305. The first-order valence-electron chi connectivity index (χ1n) is 6.91. The predicted molar refractivity (Wildman–Crippen MR) is 78.5 cm³/mol. The van der Waals surface area contributed by atoms with Crippen LogP contribution in [0.3, 0.4) is 0 Å². The molecule has 1 heterocycles. The highest BCUT2D eigenvalue weighted by atomic mass is 35.5. The third-order valence-corrected chi connectivity index (χ3v) is 4.05. The highest BCUT2D eigenvalue weighted by Gasteiger charge is 2.33. The topological polar surface area (TPSA) is 83.7 Å². The van der Waals surface area contributed by atoms with Crippen LogP contribution in [0.4, 0.5) is 5.69 Å². The van der Waals surface area contributed by atoms with Crippen LogP contribution in [0.5, 0.6) is 0 Å². The van der Waals surface area contributed by atoms with Gasteiger partial charge in [-0.3, -0.25) is 14.9 Å². The van der Waals surface area contributed by atoms with Crippen molar-refractivity contribution in [3.8, 4) is 0 Å². The van der Waals surface area contributed by atoms with E-state index < -0.39 is 10.8 Å². The van der Waals surface area contributed by atoms with Gasteiger partial charge in [-0.05, 0) is 31.7 Å². The summed E-state index contributed by atoms with van der Waals surface area (Å²) in [6, 6.07) is 4.25. The number of benzene rings is 1. The number of likely N-dealkylation sites (tertiary alicyclic amines) is 1. The zero-order chi connectivity index (χ0) is 15.4. The minimum atomic E-state index is -0.585. The van der Waals surface area contributed by atoms with Crippen LogP contribution in [0.25, 0.3) is 0 Å². The summed E-state index contributed by atoms with van der Waals surface area (Å²) in [4.78, 5) is 24.8. The van der Waals surface area contributed by atoms with Crippen LogP contribution in [0.2, 0.25) is 5.02 Å². The smallest absolute Gasteiger partial charge is 0.283 e. The Balaban J connectivity index is 2.29. The van der Waals surface area contributed by atoms with E-state index in [1.807, 2.05) is 0 Å². The Labute approximate surface area is 127 Å². The number of rotatable bonds is 5. The van der Waals surface area contributed by atoms with Crippen LogP contribution in [0.15, 0.2) is 18.2 Å². The lowest BCUT2D eigenvalue weighted by Crippen LogP contribution is -2.36. The molecule has 2 rings (SSSR count). The highest BCUT2D eigenvalue weighted by Crippen LogP contribution is 2.31. The Morgan fingerprint density at radius 1 is 1.52 bits per heavy atom. The van der Waals surface area contributed by atoms with E-state index in [0.717, 1.165) is 12.8 Å². The molecule has 0 saturated carbocycles. The summed E-state index contributed by atoms with van der Waals surface area (Å²) in [7, 11) is 0. The van der Waals surface area contributed by atoms with E-state index in [2.05, 4.69) is 0 Å². The molecule has 0 spiro atoms. The molecule has 0 bridgehead atoms. The first-order chi connectivity index (χ1) is 10.1. The van der Waals surface area contributed by atoms with Crippen molar-refractivity contribution in [1.29, 1.82) is 0 Å². The van der Waals surface area contributed by atoms with Crippen molar-refractivity contribution in [3.63, 3.8) is 0 Å². The van der Waals surface area contributed by atoms with Gasteiger partial charge in [0.05, 0.1) is 9.95 Å². The molecule has 1 fully saturated rings. The van der Waals surface area contributed by atoms with Crippen LogP contribution >= 0.6 is 11.6 Å². The molecule has 1 unspecified atom stereocenters. The van der Waals surface area contributed by atoms with Gasteiger partial charge >= 0.3 is 0 Å². The van der Waals surface area contributed by atoms with Crippen molar-refractivity contribution in [3.05, 3.63) is 38.9 Å². The van der Waals surface area contributed by atoms with Gasteiger partial charge in [0.1, 0.15) is 5.56 Å². The lowest BCUT2D eigenvalue weighted by molar-refractivity contribution is -0.385. The molecule has 1 aliphatic rings. The molecule has 6 nitrogen and oxygen atoms in total. The van der Waals surface area contributed by atoms with E-state index in [1.54, 1.807) is 4.90 Å². The van der Waals surface area contributed by atoms with E-state index >= 15 is 0 Å². The van der Waals surface area contributed by atoms with E-state index in [1.165, 1.54) is 18.2 Å². The van der Waals surface area contributed by atoms with Gasteiger partial charge in [-0.1, -0.05) is 17.7 Å². The summed E-state index contributed by atoms with van der Waals surface area (Å²) in [5, 5.41) is 20.1. The molecule has 0 aromatic heterocycles. The van der Waals surface area contributed by atoms with Gasteiger partial charge in [0.15, 0.2) is 0 Å². The maximum Gasteiger partial charge on any atom is 0.283 e. The van der Waals surface area contributed by atoms with Gasteiger partial charge in [-0.25, -0.2) is 0 Å². The molecule has 21 heavy (non-hydrogen) atoms. The molecule has 1 aromatic carbocycles. The Morgan fingerprint density at radius 3 is 2.95 bits per heavy atom. The normalized spacial score (nSPS) is 18.0. The number of hydrogen-bond acceptors (Lipinski definition) is 4. The third-order valence-electron chi connectivity index (χ3n) is 3.74. The Hall–Kier alpha value is -1.66. The number of nitrogens with zero attached hydrogens (tertiary/aromatic N) is 2. The summed E-state index contributed by atoms with van der Waals surface area (Å²) in [6.07, 6.45) is 3.02. The van der Waals surface area contributed by atoms with Crippen molar-refractivity contribution < 1.29 is 14.8 Å². The Kier molecular flexibility index (Phi) is 5.14. The summed E-state index contributed by atoms with van der Waals surface area (Å²) in [5.74, 6) is -0.396. The van der Waals surface area contributed by atoms with Crippen LogP contribution in [0, 0.1) is 10.1 Å². The first kappa shape index (κ1) is 15.7. The number of halogens is 1. The molecule has 114 valence electrons. The molecule has 7 heteroatoms. The molecule has 1 N–H and O–H groups in total. The van der Waals surface area contributed by atoms with Gasteiger partial charge in [-0.15, -0.1) is 0 Å². The fraction of sp³-hybridized carbons (Fsp3) is 0.500. The van der Waals surface area contributed by atoms with E-state index in [0.29, 0.717) is 19.4 Å². The van der Waals surface area contributed by atoms with Crippen molar-refractivity contribution in [2.24, 2.45) is 0 Å². The van der Waals surface area contributed by atoms with Crippen LogP contribution in [-0.4, -0.2) is 40.0 Å². The lowest BCUT2D eigenvalue weighted by atomic mass is 10.1. The minimum Gasteiger partial charge on any atom is -0.396 e. The van der Waals surface area contributed by atoms with E-state index in [4.69, 9.17) is 16.7 Å². The first-order valence-corrected chi connectivity index (χ1v) is 7.28. The summed E-state index contributed by atoms with van der Waals surface area (Å²) < 4.78 is 0. The van der Waals surface area contributed by atoms with Crippen LogP contribution in [-0.2, 0) is 0 Å². The number of carbonyl (C=O) groups excluding carboxylic acids is 1. The van der Waals surface area contributed by atoms with Crippen LogP contribution < -0.4 is 0 Å². The maximum absolute atomic E-state index is 12.6. The van der Waals surface area contributed by atoms with Gasteiger partial charge in [0, 0.05) is 25.3 Å². The number of nitro benzene ring substituents is 1. The van der Waals surface area contributed by atoms with Crippen LogP contribution in [0.1, 0.15) is 36.0 Å². The average Bonchev–Trinajstić information content (AvgIpc) is 2.92. The molecule has 1 aliphatic heterocycles. The predicted octanol–water partition coefficient (Wildman–Crippen LogP) is 2.63. The molecule has 1 saturated heterocycles. The molecule has 1 amide bonds. The average molecular weight is 313 g/mol. The molecule has 1 atom stereocenters. The molecule has 1 aromatic rings. The summed E-state index contributed by atoms with van der Waals surface area (Å²) >= 11 is 6.01. The Morgan fingerprint density at radius 2 is 2.29 bits per heavy atom. The van der Waals surface area contributed by atoms with Crippen molar-refractivity contribution >= 4 is 23.2 Å². The highest BCUT2D eigenvalue weighted by molar-refractivity contribution is 6.34. The number of nitro groups is 1. The van der Waals surface area contributed by atoms with E-state index in [-0.39, 0.29) is 28.9 Å². The molecule has 0 aliphatic carbocycles. The number of amides is 1. The minimum absolute atomic E-state index is 0.0144. The zero-order valence-corrected chi connectivity index (χ0v) is 12.3. The van der Waals surface area contributed by atoms with Crippen molar-refractivity contribution in [2.45, 2.75) is 31.7 Å². The number of aliphatic hydroxyl groups excluding tert-OH is 1. The van der Waals surface area contributed by atoms with Crippen molar-refractivity contribution in [1.82, 2.24) is 4.90 Å². The van der Waals surface area contributed by atoms with E-state index in [9.17, 15) is 14.9 Å². The summed E-state index contributed by atoms with van der Waals surface area (Å²) in [6.45, 7) is 0.641. The fourth-order valence-corrected chi connectivity index (χ4v) is 3.00. The second-order valence-corrected chi connectivity index (χ2v) is 5.46. The molecule has 0 radical (unpaired) electrons. The maximum atomic E-state index is 12.6. The zero-order valence-electron chi connectivity index (χ0n) is 11.5. The SMILES string of the molecule is O=C(c1c(Cl)cccc1[N+](=O)[O-])N1CCCC1CCCO. The number of hydrogen-bond donors (Lipinski definition) is 1. The van der Waals surface area contributed by atoms with Gasteiger partial charge in [0.25, 0.3) is 11.6 Å². The van der Waals surface area contributed by atoms with Gasteiger partial charge in [0.2, 0.25) is 0 Å². The number of aliphatic hydroxyl groups is 1. The largest absolute Gasteiger partial charge is 0.396 e. The van der Waals surface area contributed by atoms with Crippen molar-refractivity contribution in [2.75, 3.05) is 13.2 Å². The molecular weight excluding hydrogens is 296 g/mol. The molecular formula is C14H17ClN2O4. The second-order valence-electron chi connectivity index (χ2n) is 5.05. The van der Waals surface area contributed by atoms with Gasteiger partial charge < -0.3 is 10.0 Å². The third kappa shape index (κ3) is 3.33. The second kappa shape index (κ2) is 6.87. The monoisotopic (exact) mass is 312 g/mol. The Bertz CT molecular complexity index is 550.